The van der Waals surface area contributed by atoms with Crippen LogP contribution < -0.4 is 5.32 Å². The lowest BCUT2D eigenvalue weighted by Gasteiger charge is -2.09. The molecule has 0 aliphatic rings. The average Bonchev–Trinajstić information content (AvgIpc) is 2.31. The number of aliphatic hydroxyl groups is 1. The van der Waals surface area contributed by atoms with Crippen molar-refractivity contribution in [3.8, 4) is 0 Å². The molecule has 0 fully saturated rings. The highest BCUT2D eigenvalue weighted by Gasteiger charge is 2.15. The van der Waals surface area contributed by atoms with Gasteiger partial charge in [0.2, 0.25) is 0 Å². The standard InChI is InChI=1S/C14H18N2O2/c1-9-5-7-12(8-6-9)16-14(18)13(11(3)17)10(2)15-4/h5-8,17H,1-4H3,(H,16,18). The molecule has 0 heterocycles. The minimum atomic E-state index is -0.359. The van der Waals surface area contributed by atoms with E-state index in [1.165, 1.54) is 6.92 Å². The second-order valence-electron chi connectivity index (χ2n) is 4.09. The summed E-state index contributed by atoms with van der Waals surface area (Å²) >= 11 is 0. The summed E-state index contributed by atoms with van der Waals surface area (Å²) in [7, 11) is 1.58. The number of allylic oxidation sites excluding steroid dienone is 1. The second-order valence-corrected chi connectivity index (χ2v) is 4.09. The predicted molar refractivity (Wildman–Crippen MR) is 74.2 cm³/mol. The van der Waals surface area contributed by atoms with Crippen LogP contribution in [0.5, 0.6) is 0 Å². The summed E-state index contributed by atoms with van der Waals surface area (Å²) in [6.45, 7) is 5.13. The Bertz CT molecular complexity index is 495. The molecule has 0 saturated carbocycles. The van der Waals surface area contributed by atoms with Gasteiger partial charge in [0.15, 0.2) is 0 Å². The fraction of sp³-hybridized carbons (Fsp3) is 0.286. The first-order valence-corrected chi connectivity index (χ1v) is 5.67. The highest BCUT2D eigenvalue weighted by atomic mass is 16.3. The number of amides is 1. The van der Waals surface area contributed by atoms with Crippen molar-refractivity contribution in [2.24, 2.45) is 4.99 Å². The summed E-state index contributed by atoms with van der Waals surface area (Å²) < 4.78 is 0. The van der Waals surface area contributed by atoms with E-state index in [4.69, 9.17) is 0 Å². The maximum absolute atomic E-state index is 12.0. The van der Waals surface area contributed by atoms with Crippen molar-refractivity contribution < 1.29 is 9.90 Å². The van der Waals surface area contributed by atoms with Crippen LogP contribution in [-0.4, -0.2) is 23.8 Å². The molecule has 0 bridgehead atoms. The van der Waals surface area contributed by atoms with Gasteiger partial charge in [0.1, 0.15) is 5.76 Å². The van der Waals surface area contributed by atoms with Gasteiger partial charge in [0, 0.05) is 18.4 Å². The third-order valence-corrected chi connectivity index (χ3v) is 2.60. The number of hydrogen-bond acceptors (Lipinski definition) is 3. The average molecular weight is 246 g/mol. The van der Waals surface area contributed by atoms with E-state index in [2.05, 4.69) is 10.3 Å². The fourth-order valence-electron chi connectivity index (χ4n) is 1.53. The zero-order valence-electron chi connectivity index (χ0n) is 11.1. The van der Waals surface area contributed by atoms with Gasteiger partial charge in [-0.2, -0.15) is 0 Å². The van der Waals surface area contributed by atoms with Crippen LogP contribution in [0.4, 0.5) is 5.69 Å². The number of rotatable bonds is 3. The van der Waals surface area contributed by atoms with Gasteiger partial charge in [0.05, 0.1) is 5.57 Å². The lowest BCUT2D eigenvalue weighted by Crippen LogP contribution is -2.20. The maximum atomic E-state index is 12.0. The molecule has 4 heteroatoms. The number of carbonyl (C=O) groups excluding carboxylic acids is 1. The molecule has 0 spiro atoms. The Morgan fingerprint density at radius 3 is 2.22 bits per heavy atom. The van der Waals surface area contributed by atoms with Gasteiger partial charge in [-0.1, -0.05) is 17.7 Å². The zero-order chi connectivity index (χ0) is 13.7. The van der Waals surface area contributed by atoms with Gasteiger partial charge in [0.25, 0.3) is 5.91 Å². The monoisotopic (exact) mass is 246 g/mol. The van der Waals surface area contributed by atoms with Gasteiger partial charge in [-0.25, -0.2) is 0 Å². The van der Waals surface area contributed by atoms with Crippen molar-refractivity contribution in [1.29, 1.82) is 0 Å². The molecule has 0 unspecified atom stereocenters. The molecule has 1 aromatic carbocycles. The summed E-state index contributed by atoms with van der Waals surface area (Å²) in [6, 6.07) is 7.45. The topological polar surface area (TPSA) is 61.7 Å². The first-order valence-electron chi connectivity index (χ1n) is 5.67. The molecule has 1 amide bonds. The molecule has 96 valence electrons. The molecule has 0 atom stereocenters. The van der Waals surface area contributed by atoms with Crippen molar-refractivity contribution in [3.63, 3.8) is 0 Å². The van der Waals surface area contributed by atoms with Crippen LogP contribution in [0.1, 0.15) is 19.4 Å². The second kappa shape index (κ2) is 6.00. The summed E-state index contributed by atoms with van der Waals surface area (Å²) in [6.07, 6.45) is 0. The highest BCUT2D eigenvalue weighted by molar-refractivity contribution is 6.24. The van der Waals surface area contributed by atoms with E-state index in [0.29, 0.717) is 11.4 Å². The molecular weight excluding hydrogens is 228 g/mol. The van der Waals surface area contributed by atoms with Crippen LogP contribution in [0.2, 0.25) is 0 Å². The van der Waals surface area contributed by atoms with E-state index < -0.39 is 0 Å². The van der Waals surface area contributed by atoms with E-state index in [-0.39, 0.29) is 17.2 Å². The largest absolute Gasteiger partial charge is 0.512 e. The van der Waals surface area contributed by atoms with Gasteiger partial charge in [-0.3, -0.25) is 9.79 Å². The van der Waals surface area contributed by atoms with Crippen molar-refractivity contribution in [3.05, 3.63) is 41.2 Å². The lowest BCUT2D eigenvalue weighted by molar-refractivity contribution is -0.112. The van der Waals surface area contributed by atoms with E-state index in [0.717, 1.165) is 5.56 Å². The van der Waals surface area contributed by atoms with Crippen LogP contribution in [-0.2, 0) is 4.79 Å². The smallest absolute Gasteiger partial charge is 0.260 e. The summed E-state index contributed by atoms with van der Waals surface area (Å²) in [4.78, 5) is 16.0. The molecule has 1 aromatic rings. The van der Waals surface area contributed by atoms with E-state index in [9.17, 15) is 9.90 Å². The number of aliphatic imine (C=N–C) groups is 1. The van der Waals surface area contributed by atoms with Crippen molar-refractivity contribution in [2.45, 2.75) is 20.8 Å². The number of anilines is 1. The third kappa shape index (κ3) is 3.45. The first-order chi connectivity index (χ1) is 8.45. The number of aryl methyl sites for hydroxylation is 1. The molecule has 4 nitrogen and oxygen atoms in total. The molecular formula is C14H18N2O2. The van der Waals surface area contributed by atoms with E-state index >= 15 is 0 Å². The van der Waals surface area contributed by atoms with Crippen LogP contribution >= 0.6 is 0 Å². The van der Waals surface area contributed by atoms with Crippen LogP contribution in [0.25, 0.3) is 0 Å². The minimum absolute atomic E-state index is 0.0392. The Morgan fingerprint density at radius 1 is 1.22 bits per heavy atom. The number of hydrogen-bond donors (Lipinski definition) is 2. The lowest BCUT2D eigenvalue weighted by atomic mass is 10.1. The number of benzene rings is 1. The molecule has 0 radical (unpaired) electrons. The maximum Gasteiger partial charge on any atom is 0.260 e. The Balaban J connectivity index is 2.94. The van der Waals surface area contributed by atoms with E-state index in [1.54, 1.807) is 14.0 Å². The van der Waals surface area contributed by atoms with Gasteiger partial charge in [-0.05, 0) is 32.9 Å². The van der Waals surface area contributed by atoms with Crippen LogP contribution in [0.3, 0.4) is 0 Å². The minimum Gasteiger partial charge on any atom is -0.512 e. The first kappa shape index (κ1) is 14.0. The Morgan fingerprint density at radius 2 is 1.78 bits per heavy atom. The van der Waals surface area contributed by atoms with Gasteiger partial charge < -0.3 is 10.4 Å². The normalized spacial score (nSPS) is 13.0. The van der Waals surface area contributed by atoms with Crippen LogP contribution in [0.15, 0.2) is 40.6 Å². The van der Waals surface area contributed by atoms with Crippen molar-refractivity contribution >= 4 is 17.3 Å². The molecule has 0 aliphatic heterocycles. The quantitative estimate of drug-likeness (QED) is 0.489. The number of carbonyl (C=O) groups is 1. The highest BCUT2D eigenvalue weighted by Crippen LogP contribution is 2.12. The fourth-order valence-corrected chi connectivity index (χ4v) is 1.53. The number of nitrogens with one attached hydrogen (secondary N) is 1. The zero-order valence-corrected chi connectivity index (χ0v) is 11.1. The Kier molecular flexibility index (Phi) is 4.66. The number of aliphatic hydroxyl groups excluding tert-OH is 1. The van der Waals surface area contributed by atoms with E-state index in [1.807, 2.05) is 31.2 Å². The summed E-state index contributed by atoms with van der Waals surface area (Å²) in [5.74, 6) is -0.398. The summed E-state index contributed by atoms with van der Waals surface area (Å²) in [5, 5.41) is 12.3. The molecule has 1 rings (SSSR count). The van der Waals surface area contributed by atoms with Crippen LogP contribution in [0, 0.1) is 6.92 Å². The summed E-state index contributed by atoms with van der Waals surface area (Å²) in [5.41, 5.74) is 2.51. The molecule has 0 aliphatic carbocycles. The van der Waals surface area contributed by atoms with Gasteiger partial charge in [-0.15, -0.1) is 0 Å². The van der Waals surface area contributed by atoms with Gasteiger partial charge >= 0.3 is 0 Å². The number of nitrogens with zero attached hydrogens (tertiary/aromatic N) is 1. The molecule has 18 heavy (non-hydrogen) atoms. The molecule has 0 saturated heterocycles. The Labute approximate surface area is 107 Å². The third-order valence-electron chi connectivity index (χ3n) is 2.60. The SMILES string of the molecule is CN=C(C)C(C(=O)Nc1ccc(C)cc1)=C(C)O. The van der Waals surface area contributed by atoms with Crippen molar-refractivity contribution in [1.82, 2.24) is 0 Å². The van der Waals surface area contributed by atoms with Crippen molar-refractivity contribution in [2.75, 3.05) is 12.4 Å². The molecule has 0 aromatic heterocycles. The Hall–Kier alpha value is -2.10. The molecule has 2 N–H and O–H groups in total. The predicted octanol–water partition coefficient (Wildman–Crippen LogP) is 2.86.